The number of hydrogen-bond acceptors (Lipinski definition) is 4. The molecule has 0 bridgehead atoms. The Bertz CT molecular complexity index is 838. The highest BCUT2D eigenvalue weighted by Gasteiger charge is 2.13. The Morgan fingerprint density at radius 1 is 1.26 bits per heavy atom. The number of nitrogens with one attached hydrogen (secondary N) is 1. The summed E-state index contributed by atoms with van der Waals surface area (Å²) in [6.45, 7) is 1.87. The number of carbonyl (C=O) groups excluding carboxylic acids is 1. The maximum absolute atomic E-state index is 13.8. The molecule has 1 aromatic carbocycles. The van der Waals surface area contributed by atoms with Gasteiger partial charge in [0.2, 0.25) is 0 Å². The average Bonchev–Trinajstić information content (AvgIpc) is 2.55. The third-order valence-electron chi connectivity index (χ3n) is 3.41. The molecule has 1 amide bonds. The topological polar surface area (TPSA) is 67.8 Å². The van der Waals surface area contributed by atoms with Crippen molar-refractivity contribution in [2.75, 3.05) is 0 Å². The summed E-state index contributed by atoms with van der Waals surface area (Å²) in [6, 6.07) is 7.83. The normalized spacial score (nSPS) is 12.1. The number of para-hydroxylation sites is 1. The molecule has 0 aliphatic rings. The Balaban J connectivity index is 1.74. The molecule has 5 nitrogen and oxygen atoms in total. The molecule has 23 heavy (non-hydrogen) atoms. The van der Waals surface area contributed by atoms with E-state index in [1.807, 2.05) is 6.92 Å². The molecule has 116 valence electrons. The lowest BCUT2D eigenvalue weighted by molar-refractivity contribution is 0.0935. The van der Waals surface area contributed by atoms with Gasteiger partial charge in [0.1, 0.15) is 17.0 Å². The number of aromatic nitrogens is 3. The largest absolute Gasteiger partial charge is 0.348 e. The Kier molecular flexibility index (Phi) is 4.23. The second-order valence-corrected chi connectivity index (χ2v) is 5.28. The van der Waals surface area contributed by atoms with E-state index < -0.39 is 5.82 Å². The fourth-order valence-corrected chi connectivity index (χ4v) is 2.34. The minimum Gasteiger partial charge on any atom is -0.348 e. The maximum atomic E-state index is 13.8. The molecule has 0 aliphatic heterocycles. The van der Waals surface area contributed by atoms with Gasteiger partial charge >= 0.3 is 0 Å². The Morgan fingerprint density at radius 2 is 2.13 bits per heavy atom. The van der Waals surface area contributed by atoms with Gasteiger partial charge in [0.05, 0.1) is 5.69 Å². The molecule has 2 heterocycles. The van der Waals surface area contributed by atoms with Crippen LogP contribution in [-0.2, 0) is 6.42 Å². The van der Waals surface area contributed by atoms with Gasteiger partial charge in [-0.2, -0.15) is 0 Å². The zero-order chi connectivity index (χ0) is 16.2. The summed E-state index contributed by atoms with van der Waals surface area (Å²) < 4.78 is 13.8. The van der Waals surface area contributed by atoms with Crippen LogP contribution in [0.2, 0.25) is 0 Å². The van der Waals surface area contributed by atoms with Crippen LogP contribution in [0.5, 0.6) is 0 Å². The van der Waals surface area contributed by atoms with Crippen molar-refractivity contribution >= 4 is 16.8 Å². The molecule has 0 radical (unpaired) electrons. The number of benzene rings is 1. The monoisotopic (exact) mass is 310 g/mol. The number of nitrogens with zero attached hydrogens (tertiary/aromatic N) is 3. The van der Waals surface area contributed by atoms with Gasteiger partial charge in [0.15, 0.2) is 0 Å². The first-order valence-electron chi connectivity index (χ1n) is 7.24. The van der Waals surface area contributed by atoms with E-state index in [1.165, 1.54) is 6.07 Å². The van der Waals surface area contributed by atoms with Crippen molar-refractivity contribution in [3.05, 3.63) is 66.1 Å². The molecule has 3 rings (SSSR count). The number of halogens is 1. The molecule has 3 aromatic rings. The van der Waals surface area contributed by atoms with Gasteiger partial charge in [-0.1, -0.05) is 18.2 Å². The van der Waals surface area contributed by atoms with Crippen molar-refractivity contribution in [3.63, 3.8) is 0 Å². The third kappa shape index (κ3) is 3.48. The van der Waals surface area contributed by atoms with E-state index >= 15 is 0 Å². The lowest BCUT2D eigenvalue weighted by Gasteiger charge is -2.13. The van der Waals surface area contributed by atoms with Gasteiger partial charge in [-0.25, -0.2) is 9.37 Å². The van der Waals surface area contributed by atoms with Crippen LogP contribution >= 0.6 is 0 Å². The van der Waals surface area contributed by atoms with Gasteiger partial charge in [-0.05, 0) is 19.1 Å². The van der Waals surface area contributed by atoms with E-state index in [1.54, 1.807) is 42.9 Å². The molecular weight excluding hydrogens is 295 g/mol. The SMILES string of the molecule is C[C@@H](Cc1cnccn1)NC(=O)c1ccc2cccc(F)c2n1. The van der Waals surface area contributed by atoms with Crippen LogP contribution in [0.15, 0.2) is 48.9 Å². The van der Waals surface area contributed by atoms with E-state index in [4.69, 9.17) is 0 Å². The molecule has 0 unspecified atom stereocenters. The lowest BCUT2D eigenvalue weighted by atomic mass is 10.1. The van der Waals surface area contributed by atoms with Gasteiger partial charge in [0, 0.05) is 36.4 Å². The first-order chi connectivity index (χ1) is 11.1. The van der Waals surface area contributed by atoms with Gasteiger partial charge in [0.25, 0.3) is 5.91 Å². The third-order valence-corrected chi connectivity index (χ3v) is 3.41. The van der Waals surface area contributed by atoms with Crippen LogP contribution in [0.3, 0.4) is 0 Å². The predicted molar refractivity (Wildman–Crippen MR) is 84.4 cm³/mol. The summed E-state index contributed by atoms with van der Waals surface area (Å²) in [7, 11) is 0. The summed E-state index contributed by atoms with van der Waals surface area (Å²) in [5, 5.41) is 3.50. The second-order valence-electron chi connectivity index (χ2n) is 5.28. The fraction of sp³-hybridized carbons (Fsp3) is 0.176. The summed E-state index contributed by atoms with van der Waals surface area (Å²) in [5.74, 6) is -0.781. The second kappa shape index (κ2) is 6.48. The molecule has 6 heteroatoms. The van der Waals surface area contributed by atoms with E-state index in [2.05, 4.69) is 20.3 Å². The zero-order valence-electron chi connectivity index (χ0n) is 12.5. The number of carbonyl (C=O) groups is 1. The van der Waals surface area contributed by atoms with Gasteiger partial charge in [-0.15, -0.1) is 0 Å². The van der Waals surface area contributed by atoms with Crippen molar-refractivity contribution in [3.8, 4) is 0 Å². The Morgan fingerprint density at radius 3 is 2.91 bits per heavy atom. The van der Waals surface area contributed by atoms with E-state index in [0.29, 0.717) is 11.8 Å². The Hall–Kier alpha value is -2.89. The number of fused-ring (bicyclic) bond motifs is 1. The first-order valence-corrected chi connectivity index (χ1v) is 7.24. The highest BCUT2D eigenvalue weighted by molar-refractivity contribution is 5.95. The molecule has 0 saturated carbocycles. The van der Waals surface area contributed by atoms with E-state index in [-0.39, 0.29) is 23.2 Å². The minimum atomic E-state index is -0.440. The average molecular weight is 310 g/mol. The molecule has 1 N–H and O–H groups in total. The van der Waals surface area contributed by atoms with Crippen molar-refractivity contribution in [1.29, 1.82) is 0 Å². The van der Waals surface area contributed by atoms with Crippen LogP contribution in [0.25, 0.3) is 10.9 Å². The van der Waals surface area contributed by atoms with Crippen LogP contribution < -0.4 is 5.32 Å². The fourth-order valence-electron chi connectivity index (χ4n) is 2.34. The van der Waals surface area contributed by atoms with E-state index in [9.17, 15) is 9.18 Å². The number of amides is 1. The molecule has 2 aromatic heterocycles. The van der Waals surface area contributed by atoms with Crippen molar-refractivity contribution < 1.29 is 9.18 Å². The molecule has 0 aliphatic carbocycles. The number of hydrogen-bond donors (Lipinski definition) is 1. The van der Waals surface area contributed by atoms with Gasteiger partial charge in [-0.3, -0.25) is 14.8 Å². The molecule has 0 spiro atoms. The number of pyridine rings is 1. The lowest BCUT2D eigenvalue weighted by Crippen LogP contribution is -2.34. The molecule has 0 fully saturated rings. The first kappa shape index (κ1) is 15.0. The summed E-state index contributed by atoms with van der Waals surface area (Å²) in [4.78, 5) is 24.5. The zero-order valence-corrected chi connectivity index (χ0v) is 12.5. The summed E-state index contributed by atoms with van der Waals surface area (Å²) in [5.41, 5.74) is 1.17. The maximum Gasteiger partial charge on any atom is 0.270 e. The highest BCUT2D eigenvalue weighted by atomic mass is 19.1. The van der Waals surface area contributed by atoms with Crippen molar-refractivity contribution in [1.82, 2.24) is 20.3 Å². The van der Waals surface area contributed by atoms with Crippen molar-refractivity contribution in [2.24, 2.45) is 0 Å². The molecule has 1 atom stereocenters. The van der Waals surface area contributed by atoms with Gasteiger partial charge < -0.3 is 5.32 Å². The van der Waals surface area contributed by atoms with E-state index in [0.717, 1.165) is 5.69 Å². The standard InChI is InChI=1S/C17H15FN4O/c1-11(9-13-10-19-7-8-20-13)21-17(23)15-6-5-12-3-2-4-14(18)16(12)22-15/h2-8,10-11H,9H2,1H3,(H,21,23)/t11-/m0/s1. The quantitative estimate of drug-likeness (QED) is 0.804. The summed E-state index contributed by atoms with van der Waals surface area (Å²) >= 11 is 0. The Labute approximate surface area is 132 Å². The van der Waals surface area contributed by atoms with Crippen LogP contribution in [0.1, 0.15) is 23.1 Å². The van der Waals surface area contributed by atoms with Crippen molar-refractivity contribution in [2.45, 2.75) is 19.4 Å². The predicted octanol–water partition coefficient (Wildman–Crippen LogP) is 2.52. The van der Waals surface area contributed by atoms with Crippen LogP contribution in [-0.4, -0.2) is 26.9 Å². The summed E-state index contributed by atoms with van der Waals surface area (Å²) in [6.07, 6.45) is 5.42. The highest BCUT2D eigenvalue weighted by Crippen LogP contribution is 2.16. The molecule has 0 saturated heterocycles. The smallest absolute Gasteiger partial charge is 0.270 e. The number of rotatable bonds is 4. The van der Waals surface area contributed by atoms with Crippen LogP contribution in [0.4, 0.5) is 4.39 Å². The van der Waals surface area contributed by atoms with Crippen LogP contribution in [0, 0.1) is 5.82 Å². The minimum absolute atomic E-state index is 0.141. The molecular formula is C17H15FN4O.